The zero-order chi connectivity index (χ0) is 10.9. The Morgan fingerprint density at radius 1 is 1.27 bits per heavy atom. The van der Waals surface area contributed by atoms with Gasteiger partial charge in [-0.25, -0.2) is 0 Å². The van der Waals surface area contributed by atoms with E-state index >= 15 is 0 Å². The lowest BCUT2D eigenvalue weighted by Crippen LogP contribution is -2.38. The number of fused-ring (bicyclic) bond motifs is 2. The molecule has 15 heavy (non-hydrogen) atoms. The molecule has 86 valence electrons. The lowest BCUT2D eigenvalue weighted by atomic mass is 9.85. The Balaban J connectivity index is 1.89. The van der Waals surface area contributed by atoms with Crippen LogP contribution in [0.5, 0.6) is 0 Å². The van der Waals surface area contributed by atoms with E-state index in [4.69, 9.17) is 9.47 Å². The molecule has 2 nitrogen and oxygen atoms in total. The van der Waals surface area contributed by atoms with Crippen molar-refractivity contribution in [2.24, 2.45) is 5.41 Å². The Kier molecular flexibility index (Phi) is 3.36. The van der Waals surface area contributed by atoms with E-state index in [0.717, 1.165) is 25.6 Å². The van der Waals surface area contributed by atoms with Gasteiger partial charge in [-0.2, -0.15) is 0 Å². The Morgan fingerprint density at radius 2 is 1.87 bits per heavy atom. The molecule has 2 atom stereocenters. The van der Waals surface area contributed by atoms with Crippen LogP contribution in [0.3, 0.4) is 0 Å². The summed E-state index contributed by atoms with van der Waals surface area (Å²) in [6.07, 6.45) is 8.27. The molecule has 0 amide bonds. The molecule has 2 rings (SSSR count). The van der Waals surface area contributed by atoms with Gasteiger partial charge in [0.05, 0.1) is 12.2 Å². The Labute approximate surface area is 93.3 Å². The van der Waals surface area contributed by atoms with Gasteiger partial charge in [0.15, 0.2) is 0 Å². The summed E-state index contributed by atoms with van der Waals surface area (Å²) in [5, 5.41) is 0. The van der Waals surface area contributed by atoms with Crippen molar-refractivity contribution in [1.82, 2.24) is 0 Å². The maximum atomic E-state index is 5.86. The van der Waals surface area contributed by atoms with Crippen molar-refractivity contribution >= 4 is 0 Å². The van der Waals surface area contributed by atoms with Crippen LogP contribution in [0.15, 0.2) is 0 Å². The molecule has 2 bridgehead atoms. The van der Waals surface area contributed by atoms with Gasteiger partial charge >= 0.3 is 0 Å². The zero-order valence-corrected chi connectivity index (χ0v) is 9.92. The SMILES string of the molecule is [CH2]CC(C)(C)C[C]1OC2CCCC(C2)O1. The van der Waals surface area contributed by atoms with Crippen LogP contribution >= 0.6 is 0 Å². The van der Waals surface area contributed by atoms with Gasteiger partial charge in [-0.15, -0.1) is 0 Å². The van der Waals surface area contributed by atoms with E-state index in [0.29, 0.717) is 12.2 Å². The van der Waals surface area contributed by atoms with Crippen LogP contribution in [0.4, 0.5) is 0 Å². The molecule has 1 aliphatic heterocycles. The van der Waals surface area contributed by atoms with Crippen molar-refractivity contribution in [3.63, 3.8) is 0 Å². The second-order valence-corrected chi connectivity index (χ2v) is 5.61. The highest BCUT2D eigenvalue weighted by Gasteiger charge is 2.36. The molecule has 2 heteroatoms. The fourth-order valence-electron chi connectivity index (χ4n) is 2.28. The van der Waals surface area contributed by atoms with Crippen molar-refractivity contribution < 1.29 is 9.47 Å². The van der Waals surface area contributed by atoms with E-state index < -0.39 is 0 Å². The molecule has 1 saturated carbocycles. The summed E-state index contributed by atoms with van der Waals surface area (Å²) in [5.41, 5.74) is 0.195. The highest BCUT2D eigenvalue weighted by atomic mass is 16.7. The van der Waals surface area contributed by atoms with Crippen LogP contribution in [0.25, 0.3) is 0 Å². The lowest BCUT2D eigenvalue weighted by Gasteiger charge is -2.40. The van der Waals surface area contributed by atoms with Crippen molar-refractivity contribution in [3.05, 3.63) is 13.2 Å². The summed E-state index contributed by atoms with van der Waals surface area (Å²) in [7, 11) is 0. The predicted molar refractivity (Wildman–Crippen MR) is 59.8 cm³/mol. The predicted octanol–water partition coefficient (Wildman–Crippen LogP) is 3.47. The summed E-state index contributed by atoms with van der Waals surface area (Å²) < 4.78 is 11.7. The normalized spacial score (nSPS) is 33.0. The monoisotopic (exact) mass is 210 g/mol. The Bertz CT molecular complexity index is 201. The van der Waals surface area contributed by atoms with Gasteiger partial charge < -0.3 is 9.47 Å². The maximum absolute atomic E-state index is 5.86. The van der Waals surface area contributed by atoms with E-state index in [1.807, 2.05) is 0 Å². The average Bonchev–Trinajstić information content (AvgIpc) is 2.16. The number of hydrogen-bond acceptors (Lipinski definition) is 2. The van der Waals surface area contributed by atoms with E-state index in [-0.39, 0.29) is 5.41 Å². The first-order valence-electron chi connectivity index (χ1n) is 6.07. The van der Waals surface area contributed by atoms with E-state index in [2.05, 4.69) is 20.8 Å². The summed E-state index contributed by atoms with van der Waals surface area (Å²) in [6.45, 7) is 8.40. The van der Waals surface area contributed by atoms with Gasteiger partial charge in [-0.1, -0.05) is 20.8 Å². The van der Waals surface area contributed by atoms with Gasteiger partial charge in [-0.05, 0) is 31.1 Å². The maximum Gasteiger partial charge on any atom is 0.224 e. The van der Waals surface area contributed by atoms with Gasteiger partial charge in [-0.3, -0.25) is 0 Å². The third-order valence-corrected chi connectivity index (χ3v) is 3.47. The highest BCUT2D eigenvalue weighted by Crippen LogP contribution is 2.39. The van der Waals surface area contributed by atoms with Crippen LogP contribution in [-0.4, -0.2) is 12.2 Å². The number of rotatable bonds is 3. The molecule has 2 fully saturated rings. The third-order valence-electron chi connectivity index (χ3n) is 3.47. The molecule has 0 spiro atoms. The topological polar surface area (TPSA) is 18.5 Å². The van der Waals surface area contributed by atoms with Gasteiger partial charge in [0, 0.05) is 12.8 Å². The van der Waals surface area contributed by atoms with E-state index in [1.165, 1.54) is 19.3 Å². The van der Waals surface area contributed by atoms with Crippen LogP contribution < -0.4 is 0 Å². The molecule has 2 unspecified atom stereocenters. The summed E-state index contributed by atoms with van der Waals surface area (Å²) in [6, 6.07) is 0. The standard InChI is InChI=1S/C13H22O2/c1-4-13(2,3)9-12-14-10-6-5-7-11(8-10)15-12/h10-11H,1,4-9H2,2-3H3. The minimum atomic E-state index is 0.195. The quantitative estimate of drug-likeness (QED) is 0.710. The van der Waals surface area contributed by atoms with Crippen LogP contribution in [0, 0.1) is 18.6 Å². The second-order valence-electron chi connectivity index (χ2n) is 5.61. The largest absolute Gasteiger partial charge is 0.342 e. The van der Waals surface area contributed by atoms with Gasteiger partial charge in [0.1, 0.15) is 0 Å². The van der Waals surface area contributed by atoms with Crippen molar-refractivity contribution in [3.8, 4) is 0 Å². The zero-order valence-electron chi connectivity index (χ0n) is 9.92. The van der Waals surface area contributed by atoms with Gasteiger partial charge in [0.25, 0.3) is 0 Å². The fraction of sp³-hybridized carbons (Fsp3) is 0.846. The average molecular weight is 210 g/mol. The lowest BCUT2D eigenvalue weighted by molar-refractivity contribution is -0.192. The summed E-state index contributed by atoms with van der Waals surface area (Å²) >= 11 is 0. The fourth-order valence-corrected chi connectivity index (χ4v) is 2.28. The number of hydrogen-bond donors (Lipinski definition) is 0. The van der Waals surface area contributed by atoms with Gasteiger partial charge in [0.2, 0.25) is 6.29 Å². The number of ether oxygens (including phenoxy) is 2. The van der Waals surface area contributed by atoms with Crippen molar-refractivity contribution in [2.75, 3.05) is 0 Å². The van der Waals surface area contributed by atoms with Crippen LogP contribution in [0.1, 0.15) is 52.4 Å². The first-order chi connectivity index (χ1) is 7.09. The Hall–Kier alpha value is -0.0800. The molecule has 0 aromatic carbocycles. The second kappa shape index (κ2) is 4.42. The minimum absolute atomic E-state index is 0.195. The summed E-state index contributed by atoms with van der Waals surface area (Å²) in [5.74, 6) is 0. The van der Waals surface area contributed by atoms with E-state index in [9.17, 15) is 0 Å². The smallest absolute Gasteiger partial charge is 0.224 e. The van der Waals surface area contributed by atoms with E-state index in [1.54, 1.807) is 0 Å². The molecule has 1 heterocycles. The molecule has 2 radical (unpaired) electrons. The third kappa shape index (κ3) is 2.94. The molecule has 0 N–H and O–H groups in total. The van der Waals surface area contributed by atoms with Crippen molar-refractivity contribution in [1.29, 1.82) is 0 Å². The molecule has 1 saturated heterocycles. The first kappa shape index (κ1) is 11.4. The summed E-state index contributed by atoms with van der Waals surface area (Å²) in [4.78, 5) is 0. The molecule has 0 aromatic rings. The van der Waals surface area contributed by atoms with Crippen molar-refractivity contribution in [2.45, 2.75) is 64.6 Å². The highest BCUT2D eigenvalue weighted by molar-refractivity contribution is 4.88. The van der Waals surface area contributed by atoms with Crippen LogP contribution in [0.2, 0.25) is 0 Å². The molecule has 1 aliphatic carbocycles. The molecule has 0 aromatic heterocycles. The molecular formula is C13H22O2. The molecular weight excluding hydrogens is 188 g/mol. The van der Waals surface area contributed by atoms with Crippen LogP contribution in [-0.2, 0) is 9.47 Å². The minimum Gasteiger partial charge on any atom is -0.342 e. The Morgan fingerprint density at radius 3 is 2.40 bits per heavy atom. The molecule has 2 aliphatic rings. The first-order valence-corrected chi connectivity index (χ1v) is 6.07.